The standard InChI is InChI=1S/CH4.I8.I7/c;1-6(2)8(5)7(3)4;1-5-7(4)6(2)3/h1H4;;/q;;-1. The second-order valence-corrected chi connectivity index (χ2v) is 261. The van der Waals surface area contributed by atoms with Crippen molar-refractivity contribution in [1.29, 1.82) is 0 Å². The molecule has 0 aliphatic rings. The summed E-state index contributed by atoms with van der Waals surface area (Å²) in [5.74, 6) is 0. The predicted octanol–water partition coefficient (Wildman–Crippen LogP) is 10.0. The summed E-state index contributed by atoms with van der Waals surface area (Å²) in [6, 6.07) is 0. The molecule has 0 rings (SSSR count). The fraction of sp³-hybridized carbons (Fsp3) is 1.00. The molecule has 114 valence electrons. The average Bonchev–Trinajstić information content (AvgIpc) is 2.15. The molecule has 0 heterocycles. The van der Waals surface area contributed by atoms with Crippen LogP contribution in [0.25, 0.3) is 0 Å². The van der Waals surface area contributed by atoms with Crippen LogP contribution >= 0.6 is 207 Å². The molecule has 0 unspecified atom stereocenters. The minimum absolute atomic E-state index is 0. The summed E-state index contributed by atoms with van der Waals surface area (Å²) in [5.41, 5.74) is 0. The van der Waals surface area contributed by atoms with E-state index < -0.39 is 0 Å². The Morgan fingerprint density at radius 2 is 0.938 bits per heavy atom. The fourth-order valence-electron chi connectivity index (χ4n) is 0.0463. The third-order valence-corrected chi connectivity index (χ3v) is 579. The quantitative estimate of drug-likeness (QED) is 0.246. The summed E-state index contributed by atoms with van der Waals surface area (Å²) in [5, 5.41) is 0. The fourth-order valence-corrected chi connectivity index (χ4v) is 629. The maximum absolute atomic E-state index is 2.79. The van der Waals surface area contributed by atoms with E-state index in [1.807, 2.05) is 0 Å². The van der Waals surface area contributed by atoms with Crippen molar-refractivity contribution in [3.63, 3.8) is 0 Å². The van der Waals surface area contributed by atoms with Crippen LogP contribution in [-0.2, 0) is 0 Å². The van der Waals surface area contributed by atoms with Gasteiger partial charge >= 0.3 is 220 Å². The molecule has 0 spiro atoms. The molecule has 0 aromatic rings. The van der Waals surface area contributed by atoms with Gasteiger partial charge in [0.05, 0.1) is 0 Å². The van der Waals surface area contributed by atoms with E-state index in [0.29, 0.717) is 13.3 Å². The molecule has 0 aliphatic carbocycles. The van der Waals surface area contributed by atoms with Crippen molar-refractivity contribution in [1.82, 2.24) is 0 Å². The Morgan fingerprint density at radius 3 is 0.938 bits per heavy atom. The van der Waals surface area contributed by atoms with Crippen LogP contribution in [0.4, 0.5) is 0 Å². The van der Waals surface area contributed by atoms with E-state index in [-0.39, 0.29) is 46.9 Å². The van der Waals surface area contributed by atoms with Gasteiger partial charge in [0.1, 0.15) is 0 Å². The van der Waals surface area contributed by atoms with E-state index in [4.69, 9.17) is 0 Å². The Labute approximate surface area is 217 Å². The van der Waals surface area contributed by atoms with E-state index in [1.165, 1.54) is 0 Å². The Hall–Kier alpha value is 11.0. The minimum atomic E-state index is -0.334. The zero-order chi connectivity index (χ0) is 12.6. The third kappa shape index (κ3) is 23.0. The maximum atomic E-state index is 2.79. The van der Waals surface area contributed by atoms with Gasteiger partial charge in [0.25, 0.3) is 0 Å². The van der Waals surface area contributed by atoms with E-state index in [1.54, 1.807) is 0 Å². The molecule has 0 saturated heterocycles. The molecule has 15 heteroatoms. The van der Waals surface area contributed by atoms with Crippen LogP contribution in [0.15, 0.2) is 0 Å². The summed E-state index contributed by atoms with van der Waals surface area (Å²) >= 11 is 25.1. The molecule has 0 nitrogen and oxygen atoms in total. The molecule has 0 fully saturated rings. The van der Waals surface area contributed by atoms with Gasteiger partial charge in [0, 0.05) is 0 Å². The average molecular weight is 1920 g/mol. The summed E-state index contributed by atoms with van der Waals surface area (Å²) < 4.78 is 0. The summed E-state index contributed by atoms with van der Waals surface area (Å²) in [6.07, 6.45) is 0. The Kier molecular flexibility index (Phi) is 44.0. The molecule has 16 heavy (non-hydrogen) atoms. The van der Waals surface area contributed by atoms with Gasteiger partial charge in [0.15, 0.2) is 0 Å². The molecular formula is CH4I15-. The van der Waals surface area contributed by atoms with Crippen molar-refractivity contribution < 1.29 is 13.3 Å². The number of hydrogen-bond donors (Lipinski definition) is 0. The topological polar surface area (TPSA) is 0 Å². The van der Waals surface area contributed by atoms with E-state index in [0.717, 1.165) is 0 Å². The second kappa shape index (κ2) is 22.2. The van der Waals surface area contributed by atoms with Gasteiger partial charge in [-0.1, -0.05) is 7.43 Å². The Balaban J connectivity index is -0.000000200. The zero-order valence-electron chi connectivity index (χ0n) is 5.67. The van der Waals surface area contributed by atoms with Crippen LogP contribution in [0.3, 0.4) is 0 Å². The van der Waals surface area contributed by atoms with Crippen molar-refractivity contribution in [2.45, 2.75) is 7.43 Å². The van der Waals surface area contributed by atoms with Crippen molar-refractivity contribution in [3.05, 3.63) is 0 Å². The van der Waals surface area contributed by atoms with Gasteiger partial charge in [-0.3, -0.25) is 0 Å². The molecule has 0 N–H and O–H groups in total. The van der Waals surface area contributed by atoms with Crippen LogP contribution in [0.5, 0.6) is 0 Å². The Bertz CT molecular complexity index is 119. The Morgan fingerprint density at radius 1 is 0.625 bits per heavy atom. The first kappa shape index (κ1) is 31.6. The first-order valence-electron chi connectivity index (χ1n) is 1.86. The van der Waals surface area contributed by atoms with Gasteiger partial charge in [-0.05, 0) is 0 Å². The summed E-state index contributed by atoms with van der Waals surface area (Å²) in [7, 11) is -1.43. The summed E-state index contributed by atoms with van der Waals surface area (Å²) in [4.78, 5) is 0. The van der Waals surface area contributed by atoms with Crippen molar-refractivity contribution in [3.8, 4) is 0 Å². The van der Waals surface area contributed by atoms with E-state index in [9.17, 15) is 0 Å². The van der Waals surface area contributed by atoms with Gasteiger partial charge < -0.3 is 0 Å². The second-order valence-electron chi connectivity index (χ2n) is 0.864. The van der Waals surface area contributed by atoms with E-state index >= 15 is 0 Å². The van der Waals surface area contributed by atoms with Gasteiger partial charge in [-0.15, -0.1) is 0 Å². The first-order chi connectivity index (χ1) is 6.73. The van der Waals surface area contributed by atoms with Gasteiger partial charge in [0.2, 0.25) is 0 Å². The number of hydrogen-bond acceptors (Lipinski definition) is 0. The molecule has 0 aromatic carbocycles. The van der Waals surface area contributed by atoms with Crippen LogP contribution < -0.4 is 13.3 Å². The molecule has 0 bridgehead atoms. The first-order valence-corrected chi connectivity index (χ1v) is 83.6. The van der Waals surface area contributed by atoms with Crippen LogP contribution in [0.1, 0.15) is 7.43 Å². The van der Waals surface area contributed by atoms with Gasteiger partial charge in [-0.2, -0.15) is 0 Å². The monoisotopic (exact) mass is 1920 g/mol. The third-order valence-electron chi connectivity index (χ3n) is 0.286. The molecule has 0 amide bonds. The molecule has 0 aromatic heterocycles. The molecule has 0 radical (unpaired) electrons. The van der Waals surface area contributed by atoms with Crippen molar-refractivity contribution >= 4 is 207 Å². The number of rotatable bonds is 4. The molecule has 0 saturated carbocycles. The predicted molar refractivity (Wildman–Crippen MR) is 203 cm³/mol. The van der Waals surface area contributed by atoms with E-state index in [2.05, 4.69) is 168 Å². The zero-order valence-corrected chi connectivity index (χ0v) is 38.0. The van der Waals surface area contributed by atoms with Crippen molar-refractivity contribution in [2.75, 3.05) is 0 Å². The number of halogens is 15. The molecule has 0 aliphatic heterocycles. The summed E-state index contributed by atoms with van der Waals surface area (Å²) in [6.45, 7) is 0. The van der Waals surface area contributed by atoms with Crippen molar-refractivity contribution in [2.24, 2.45) is 0 Å². The molecular weight excluding hydrogens is 1920 g/mol. The van der Waals surface area contributed by atoms with Crippen LogP contribution in [0.2, 0.25) is 0 Å². The SMILES string of the molecule is C.II(I)I(I)I(I)I.I[I-]I(I)I(I)I. The van der Waals surface area contributed by atoms with Crippen LogP contribution in [0, 0.1) is 0 Å². The normalized spacial score (nSPS) is 13.9. The molecule has 0 atom stereocenters. The van der Waals surface area contributed by atoms with Crippen LogP contribution in [-0.4, -0.2) is 0 Å². The van der Waals surface area contributed by atoms with Gasteiger partial charge in [-0.25, -0.2) is 0 Å².